The molecular weight excluding hydrogens is 334 g/mol. The molecule has 1 fully saturated rings. The number of carbonyl (C=O) groups is 2. The normalized spacial score (nSPS) is 17.0. The number of carbonyl (C=O) groups excluding carboxylic acids is 2. The van der Waals surface area contributed by atoms with Crippen molar-refractivity contribution in [2.24, 2.45) is 5.10 Å². The number of hydrogen-bond donors (Lipinski definition) is 2. The number of benzene rings is 1. The third kappa shape index (κ3) is 5.50. The van der Waals surface area contributed by atoms with Gasteiger partial charge in [0.15, 0.2) is 0 Å². The van der Waals surface area contributed by atoms with Gasteiger partial charge in [-0.15, -0.1) is 0 Å². The first-order chi connectivity index (χ1) is 11.6. The Morgan fingerprint density at radius 2 is 2.29 bits per heavy atom. The Bertz CT molecular complexity index is 615. The van der Waals surface area contributed by atoms with Gasteiger partial charge in [0, 0.05) is 23.7 Å². The van der Waals surface area contributed by atoms with Crippen LogP contribution in [0.4, 0.5) is 0 Å². The van der Waals surface area contributed by atoms with Crippen molar-refractivity contribution in [2.75, 3.05) is 19.8 Å². The van der Waals surface area contributed by atoms with Crippen LogP contribution in [0, 0.1) is 0 Å². The van der Waals surface area contributed by atoms with E-state index >= 15 is 0 Å². The zero-order valence-electron chi connectivity index (χ0n) is 13.4. The molecule has 2 rings (SSSR count). The van der Waals surface area contributed by atoms with E-state index in [1.165, 1.54) is 6.21 Å². The Balaban J connectivity index is 1.85. The van der Waals surface area contributed by atoms with E-state index in [9.17, 15) is 9.59 Å². The van der Waals surface area contributed by atoms with Crippen LogP contribution >= 0.6 is 11.6 Å². The first-order valence-corrected chi connectivity index (χ1v) is 8.13. The van der Waals surface area contributed by atoms with Gasteiger partial charge in [-0.1, -0.05) is 11.6 Å². The highest BCUT2D eigenvalue weighted by atomic mass is 35.5. The van der Waals surface area contributed by atoms with E-state index in [1.807, 2.05) is 6.92 Å². The van der Waals surface area contributed by atoms with Gasteiger partial charge in [0.2, 0.25) is 0 Å². The van der Waals surface area contributed by atoms with Crippen LogP contribution < -0.4 is 15.5 Å². The van der Waals surface area contributed by atoms with Crippen molar-refractivity contribution < 1.29 is 19.1 Å². The molecule has 24 heavy (non-hydrogen) atoms. The molecule has 1 saturated heterocycles. The number of halogens is 1. The minimum absolute atomic E-state index is 0.0227. The lowest BCUT2D eigenvalue weighted by atomic mass is 10.2. The minimum atomic E-state index is -0.843. The predicted molar refractivity (Wildman–Crippen MR) is 90.3 cm³/mol. The van der Waals surface area contributed by atoms with E-state index in [1.54, 1.807) is 18.2 Å². The Labute approximate surface area is 145 Å². The highest BCUT2D eigenvalue weighted by Gasteiger charge is 2.18. The van der Waals surface area contributed by atoms with Crippen molar-refractivity contribution in [3.05, 3.63) is 28.8 Å². The molecule has 0 spiro atoms. The van der Waals surface area contributed by atoms with Gasteiger partial charge in [0.25, 0.3) is 0 Å². The standard InChI is InChI=1S/C16H20ClN3O4/c1-2-23-14-6-5-12(17)8-11(14)9-19-20-16(22)15(21)18-10-13-4-3-7-24-13/h5-6,8-9,13H,2-4,7,10H2,1H3,(H,18,21)(H,20,22)/b19-9-/t13-/m0/s1. The summed E-state index contributed by atoms with van der Waals surface area (Å²) in [5, 5.41) is 6.80. The molecule has 8 heteroatoms. The van der Waals surface area contributed by atoms with Crippen LogP contribution in [0.3, 0.4) is 0 Å². The molecular formula is C16H20ClN3O4. The van der Waals surface area contributed by atoms with Crippen molar-refractivity contribution in [2.45, 2.75) is 25.9 Å². The zero-order chi connectivity index (χ0) is 17.4. The Hall–Kier alpha value is -2.12. The summed E-state index contributed by atoms with van der Waals surface area (Å²) < 4.78 is 10.8. The largest absolute Gasteiger partial charge is 0.493 e. The second-order valence-corrected chi connectivity index (χ2v) is 5.60. The zero-order valence-corrected chi connectivity index (χ0v) is 14.1. The van der Waals surface area contributed by atoms with Crippen LogP contribution in [0.25, 0.3) is 0 Å². The summed E-state index contributed by atoms with van der Waals surface area (Å²) in [6.07, 6.45) is 3.21. The molecule has 1 aliphatic rings. The Morgan fingerprint density at radius 1 is 1.46 bits per heavy atom. The van der Waals surface area contributed by atoms with Crippen LogP contribution in [0.5, 0.6) is 5.75 Å². The molecule has 0 aliphatic carbocycles. The lowest BCUT2D eigenvalue weighted by Gasteiger charge is -2.09. The molecule has 1 heterocycles. The fraction of sp³-hybridized carbons (Fsp3) is 0.438. The summed E-state index contributed by atoms with van der Waals surface area (Å²) in [6, 6.07) is 5.06. The van der Waals surface area contributed by atoms with Gasteiger partial charge >= 0.3 is 11.8 Å². The molecule has 1 atom stereocenters. The van der Waals surface area contributed by atoms with Crippen molar-refractivity contribution in [1.29, 1.82) is 0 Å². The second kappa shape index (κ2) is 9.24. The smallest absolute Gasteiger partial charge is 0.329 e. The summed E-state index contributed by atoms with van der Waals surface area (Å²) in [5.74, 6) is -1.01. The van der Waals surface area contributed by atoms with Crippen molar-refractivity contribution >= 4 is 29.6 Å². The fourth-order valence-electron chi connectivity index (χ4n) is 2.21. The van der Waals surface area contributed by atoms with Crippen molar-refractivity contribution in [1.82, 2.24) is 10.7 Å². The number of amides is 2. The summed E-state index contributed by atoms with van der Waals surface area (Å²) in [7, 11) is 0. The second-order valence-electron chi connectivity index (χ2n) is 5.16. The number of rotatable bonds is 6. The van der Waals surface area contributed by atoms with Gasteiger partial charge in [-0.3, -0.25) is 9.59 Å². The molecule has 0 unspecified atom stereocenters. The van der Waals surface area contributed by atoms with Gasteiger partial charge in [-0.05, 0) is 38.0 Å². The molecule has 0 saturated carbocycles. The maximum atomic E-state index is 11.7. The molecule has 130 valence electrons. The highest BCUT2D eigenvalue weighted by molar-refractivity contribution is 6.35. The molecule has 1 aromatic rings. The average Bonchev–Trinajstić information content (AvgIpc) is 3.08. The topological polar surface area (TPSA) is 89.0 Å². The van der Waals surface area contributed by atoms with Gasteiger partial charge in [-0.25, -0.2) is 5.43 Å². The van der Waals surface area contributed by atoms with Crippen LogP contribution in [0.2, 0.25) is 5.02 Å². The van der Waals surface area contributed by atoms with Crippen molar-refractivity contribution in [3.8, 4) is 5.75 Å². The fourth-order valence-corrected chi connectivity index (χ4v) is 2.39. The molecule has 0 bridgehead atoms. The van der Waals surface area contributed by atoms with Gasteiger partial charge in [0.1, 0.15) is 5.75 Å². The average molecular weight is 354 g/mol. The molecule has 0 radical (unpaired) electrons. The van der Waals surface area contributed by atoms with Crippen LogP contribution in [0.1, 0.15) is 25.3 Å². The molecule has 1 aliphatic heterocycles. The summed E-state index contributed by atoms with van der Waals surface area (Å²) in [5.41, 5.74) is 2.78. The first-order valence-electron chi connectivity index (χ1n) is 7.75. The maximum Gasteiger partial charge on any atom is 0.329 e. The highest BCUT2D eigenvalue weighted by Crippen LogP contribution is 2.21. The van der Waals surface area contributed by atoms with Gasteiger partial charge in [0.05, 0.1) is 18.9 Å². The number of nitrogens with one attached hydrogen (secondary N) is 2. The number of hydrazone groups is 1. The maximum absolute atomic E-state index is 11.7. The van der Waals surface area contributed by atoms with Crippen LogP contribution in [-0.4, -0.2) is 43.9 Å². The quantitative estimate of drug-likeness (QED) is 0.460. The molecule has 2 amide bonds. The van der Waals surface area contributed by atoms with Gasteiger partial charge in [-0.2, -0.15) is 5.10 Å². The van der Waals surface area contributed by atoms with E-state index in [0.29, 0.717) is 36.1 Å². The van der Waals surface area contributed by atoms with Crippen LogP contribution in [-0.2, 0) is 14.3 Å². The number of hydrogen-bond acceptors (Lipinski definition) is 5. The SMILES string of the molecule is CCOc1ccc(Cl)cc1/C=N\NC(=O)C(=O)NC[C@@H]1CCCO1. The van der Waals surface area contributed by atoms with E-state index in [-0.39, 0.29) is 6.10 Å². The van der Waals surface area contributed by atoms with E-state index < -0.39 is 11.8 Å². The molecule has 7 nitrogen and oxygen atoms in total. The van der Waals surface area contributed by atoms with E-state index in [0.717, 1.165) is 12.8 Å². The summed E-state index contributed by atoms with van der Waals surface area (Å²) in [6.45, 7) is 3.35. The monoisotopic (exact) mass is 353 g/mol. The molecule has 1 aromatic carbocycles. The Kier molecular flexibility index (Phi) is 7.02. The minimum Gasteiger partial charge on any atom is -0.493 e. The number of ether oxygens (including phenoxy) is 2. The Morgan fingerprint density at radius 3 is 3.00 bits per heavy atom. The van der Waals surface area contributed by atoms with Crippen molar-refractivity contribution in [3.63, 3.8) is 0 Å². The van der Waals surface area contributed by atoms with Gasteiger partial charge < -0.3 is 14.8 Å². The molecule has 0 aromatic heterocycles. The van der Waals surface area contributed by atoms with Crippen LogP contribution in [0.15, 0.2) is 23.3 Å². The predicted octanol–water partition coefficient (Wildman–Crippen LogP) is 1.48. The van der Waals surface area contributed by atoms with E-state index in [4.69, 9.17) is 21.1 Å². The first kappa shape index (κ1) is 18.2. The summed E-state index contributed by atoms with van der Waals surface area (Å²) in [4.78, 5) is 23.3. The molecule has 2 N–H and O–H groups in total. The third-order valence-electron chi connectivity index (χ3n) is 3.36. The van der Waals surface area contributed by atoms with E-state index in [2.05, 4.69) is 15.8 Å². The third-order valence-corrected chi connectivity index (χ3v) is 3.60. The lowest BCUT2D eigenvalue weighted by molar-refractivity contribution is -0.139. The lowest BCUT2D eigenvalue weighted by Crippen LogP contribution is -2.41. The number of nitrogens with zero attached hydrogens (tertiary/aromatic N) is 1. The summed E-state index contributed by atoms with van der Waals surface area (Å²) >= 11 is 5.93.